The Bertz CT molecular complexity index is 1180. The number of hydrogen-bond acceptors (Lipinski definition) is 6. The van der Waals surface area contributed by atoms with E-state index in [-0.39, 0.29) is 33.7 Å². The molecular formula is C19H15F4N3O4S. The summed E-state index contributed by atoms with van der Waals surface area (Å²) in [5.41, 5.74) is 0.440. The van der Waals surface area contributed by atoms with Gasteiger partial charge in [0, 0.05) is 0 Å². The molecule has 0 aliphatic rings. The molecule has 0 amide bonds. The van der Waals surface area contributed by atoms with E-state index in [4.69, 9.17) is 4.74 Å². The summed E-state index contributed by atoms with van der Waals surface area (Å²) in [5, 5.41) is 0. The molecule has 0 saturated carbocycles. The lowest BCUT2D eigenvalue weighted by atomic mass is 10.3. The molecule has 0 spiro atoms. The van der Waals surface area contributed by atoms with Crippen LogP contribution in [0.25, 0.3) is 0 Å². The van der Waals surface area contributed by atoms with Gasteiger partial charge < -0.3 is 9.47 Å². The number of aryl methyl sites for hydroxylation is 2. The molecular weight excluding hydrogens is 442 g/mol. The predicted molar refractivity (Wildman–Crippen MR) is 102 cm³/mol. The first-order valence-corrected chi connectivity index (χ1v) is 10.1. The number of sulfonamides is 1. The number of benzene rings is 2. The van der Waals surface area contributed by atoms with Gasteiger partial charge in [-0.25, -0.2) is 12.8 Å². The molecule has 31 heavy (non-hydrogen) atoms. The first-order valence-electron chi connectivity index (χ1n) is 8.61. The fourth-order valence-corrected chi connectivity index (χ4v) is 3.69. The van der Waals surface area contributed by atoms with Crippen LogP contribution in [0.15, 0.2) is 53.4 Å². The summed E-state index contributed by atoms with van der Waals surface area (Å²) >= 11 is 0. The molecule has 12 heteroatoms. The maximum absolute atomic E-state index is 13.7. The molecule has 0 bridgehead atoms. The van der Waals surface area contributed by atoms with Crippen molar-refractivity contribution in [3.63, 3.8) is 0 Å². The Hall–Kier alpha value is -3.41. The van der Waals surface area contributed by atoms with Crippen LogP contribution < -0.4 is 14.2 Å². The highest BCUT2D eigenvalue weighted by Gasteiger charge is 2.31. The van der Waals surface area contributed by atoms with Gasteiger partial charge in [-0.1, -0.05) is 12.1 Å². The molecule has 7 nitrogen and oxygen atoms in total. The molecule has 3 aromatic rings. The summed E-state index contributed by atoms with van der Waals surface area (Å²) < 4.78 is 87.0. The topological polar surface area (TPSA) is 90.4 Å². The molecule has 0 saturated heterocycles. The largest absolute Gasteiger partial charge is 0.573 e. The van der Waals surface area contributed by atoms with Gasteiger partial charge in [-0.2, -0.15) is 9.97 Å². The van der Waals surface area contributed by atoms with Crippen molar-refractivity contribution >= 4 is 15.7 Å². The van der Waals surface area contributed by atoms with E-state index in [1.165, 1.54) is 32.0 Å². The molecule has 3 rings (SSSR count). The molecule has 164 valence electrons. The lowest BCUT2D eigenvalue weighted by molar-refractivity contribution is -0.274. The quantitative estimate of drug-likeness (QED) is 0.539. The van der Waals surface area contributed by atoms with Gasteiger partial charge in [-0.05, 0) is 50.2 Å². The van der Waals surface area contributed by atoms with Crippen LogP contribution in [0.3, 0.4) is 0 Å². The summed E-state index contributed by atoms with van der Waals surface area (Å²) in [7, 11) is -4.16. The fourth-order valence-electron chi connectivity index (χ4n) is 2.52. The summed E-state index contributed by atoms with van der Waals surface area (Å²) in [4.78, 5) is 7.76. The highest BCUT2D eigenvalue weighted by atomic mass is 32.2. The summed E-state index contributed by atoms with van der Waals surface area (Å²) in [6, 6.07) is 9.12. The van der Waals surface area contributed by atoms with Crippen LogP contribution in [0, 0.1) is 19.7 Å². The smallest absolute Gasteiger partial charge is 0.421 e. The van der Waals surface area contributed by atoms with Crippen LogP contribution in [0.2, 0.25) is 0 Å². The Morgan fingerprint density at radius 2 is 1.52 bits per heavy atom. The third-order valence-corrected chi connectivity index (χ3v) is 5.26. The van der Waals surface area contributed by atoms with Crippen LogP contribution in [0.4, 0.5) is 23.2 Å². The molecule has 0 atom stereocenters. The third-order valence-electron chi connectivity index (χ3n) is 3.89. The van der Waals surface area contributed by atoms with Crippen molar-refractivity contribution in [2.24, 2.45) is 0 Å². The van der Waals surface area contributed by atoms with Crippen molar-refractivity contribution in [2.45, 2.75) is 25.1 Å². The number of aromatic nitrogens is 2. The molecule has 1 aromatic heterocycles. The van der Waals surface area contributed by atoms with Gasteiger partial charge in [0.1, 0.15) is 5.75 Å². The molecule has 0 fully saturated rings. The highest BCUT2D eigenvalue weighted by Crippen LogP contribution is 2.28. The van der Waals surface area contributed by atoms with Gasteiger partial charge in [0.2, 0.25) is 0 Å². The van der Waals surface area contributed by atoms with Crippen molar-refractivity contribution in [1.29, 1.82) is 0 Å². The Balaban J connectivity index is 1.82. The van der Waals surface area contributed by atoms with Gasteiger partial charge >= 0.3 is 12.4 Å². The zero-order valence-electron chi connectivity index (χ0n) is 16.1. The summed E-state index contributed by atoms with van der Waals surface area (Å²) in [6.45, 7) is 2.97. The van der Waals surface area contributed by atoms with Crippen LogP contribution in [0.1, 0.15) is 11.4 Å². The predicted octanol–water partition coefficient (Wildman–Crippen LogP) is 4.72. The van der Waals surface area contributed by atoms with Gasteiger partial charge in [-0.15, -0.1) is 13.2 Å². The van der Waals surface area contributed by atoms with E-state index in [1.54, 1.807) is 6.07 Å². The Kier molecular flexibility index (Phi) is 6.02. The number of para-hydroxylation sites is 1. The standard InChI is InChI=1S/C19H15F4N3O4S/c1-11-17(12(2)25-18(24-11)29-16-6-4-3-5-15(16)20)26-31(27,28)14-9-7-13(8-10-14)30-19(21,22)23/h3-10,26H,1-2H3. The summed E-state index contributed by atoms with van der Waals surface area (Å²) in [6.07, 6.45) is -4.89. The molecule has 1 N–H and O–H groups in total. The monoisotopic (exact) mass is 457 g/mol. The van der Waals surface area contributed by atoms with Gasteiger partial charge in [0.05, 0.1) is 22.0 Å². The van der Waals surface area contributed by atoms with Gasteiger partial charge in [0.15, 0.2) is 11.6 Å². The molecule has 1 heterocycles. The van der Waals surface area contributed by atoms with E-state index in [1.807, 2.05) is 0 Å². The number of ether oxygens (including phenoxy) is 2. The van der Waals surface area contributed by atoms with Crippen LogP contribution >= 0.6 is 0 Å². The Morgan fingerprint density at radius 3 is 2.06 bits per heavy atom. The third kappa shape index (κ3) is 5.60. The van der Waals surface area contributed by atoms with E-state index >= 15 is 0 Å². The average molecular weight is 457 g/mol. The second-order valence-corrected chi connectivity index (χ2v) is 7.89. The Morgan fingerprint density at radius 1 is 0.935 bits per heavy atom. The maximum atomic E-state index is 13.7. The number of rotatable bonds is 6. The number of alkyl halides is 3. The van der Waals surface area contributed by atoms with E-state index in [0.29, 0.717) is 0 Å². The fraction of sp³-hybridized carbons (Fsp3) is 0.158. The van der Waals surface area contributed by atoms with Crippen molar-refractivity contribution in [3.8, 4) is 17.5 Å². The molecule has 0 aliphatic carbocycles. The molecule has 2 aromatic carbocycles. The first-order chi connectivity index (χ1) is 14.4. The second-order valence-electron chi connectivity index (χ2n) is 6.21. The lowest BCUT2D eigenvalue weighted by Gasteiger charge is -2.14. The SMILES string of the molecule is Cc1nc(Oc2ccccc2F)nc(C)c1NS(=O)(=O)c1ccc(OC(F)(F)F)cc1. The van der Waals surface area contributed by atoms with Crippen molar-refractivity contribution in [1.82, 2.24) is 9.97 Å². The number of nitrogens with one attached hydrogen (secondary N) is 1. The van der Waals surface area contributed by atoms with Gasteiger partial charge in [-0.3, -0.25) is 4.72 Å². The summed E-state index contributed by atoms with van der Waals surface area (Å²) in [5.74, 6) is -1.28. The van der Waals surface area contributed by atoms with Gasteiger partial charge in [0.25, 0.3) is 10.0 Å². The zero-order chi connectivity index (χ0) is 22.8. The number of halogens is 4. The normalized spacial score (nSPS) is 11.8. The van der Waals surface area contributed by atoms with Crippen LogP contribution in [0.5, 0.6) is 17.5 Å². The zero-order valence-corrected chi connectivity index (χ0v) is 16.9. The average Bonchev–Trinajstić information content (AvgIpc) is 2.66. The van der Waals surface area contributed by atoms with Crippen molar-refractivity contribution in [2.75, 3.05) is 4.72 Å². The van der Waals surface area contributed by atoms with E-state index in [9.17, 15) is 26.0 Å². The molecule has 0 aliphatic heterocycles. The number of nitrogens with zero attached hydrogens (tertiary/aromatic N) is 2. The highest BCUT2D eigenvalue weighted by molar-refractivity contribution is 7.92. The lowest BCUT2D eigenvalue weighted by Crippen LogP contribution is -2.18. The van der Waals surface area contributed by atoms with E-state index in [0.717, 1.165) is 24.3 Å². The van der Waals surface area contributed by atoms with Crippen LogP contribution in [-0.4, -0.2) is 24.7 Å². The Labute approximate surface area is 174 Å². The van der Waals surface area contributed by atoms with E-state index < -0.39 is 28.0 Å². The van der Waals surface area contributed by atoms with Crippen LogP contribution in [-0.2, 0) is 10.0 Å². The first kappa shape index (κ1) is 22.3. The second kappa shape index (κ2) is 8.38. The minimum atomic E-state index is -4.89. The van der Waals surface area contributed by atoms with Crippen molar-refractivity contribution in [3.05, 3.63) is 65.7 Å². The number of anilines is 1. The molecule has 0 unspecified atom stereocenters. The van der Waals surface area contributed by atoms with E-state index in [2.05, 4.69) is 19.4 Å². The number of hydrogen-bond donors (Lipinski definition) is 1. The van der Waals surface area contributed by atoms with Crippen molar-refractivity contribution < 1.29 is 35.5 Å². The minimum absolute atomic E-state index is 0.0523. The minimum Gasteiger partial charge on any atom is -0.421 e. The maximum Gasteiger partial charge on any atom is 0.573 e. The molecule has 0 radical (unpaired) electrons.